The van der Waals surface area contributed by atoms with Crippen LogP contribution in [-0.4, -0.2) is 58.3 Å². The number of para-hydroxylation sites is 1. The van der Waals surface area contributed by atoms with Crippen molar-refractivity contribution in [2.75, 3.05) is 47.5 Å². The predicted molar refractivity (Wildman–Crippen MR) is 103 cm³/mol. The first-order valence-corrected chi connectivity index (χ1v) is 9.12. The molecule has 1 fully saturated rings. The quantitative estimate of drug-likeness (QED) is 0.831. The molecule has 1 aliphatic heterocycles. The van der Waals surface area contributed by atoms with Crippen LogP contribution in [0.5, 0.6) is 17.2 Å². The summed E-state index contributed by atoms with van der Waals surface area (Å²) in [6.07, 6.45) is 0. The lowest BCUT2D eigenvalue weighted by Crippen LogP contribution is -3.13. The van der Waals surface area contributed by atoms with Crippen LogP contribution in [0, 0.1) is 0 Å². The van der Waals surface area contributed by atoms with Gasteiger partial charge >= 0.3 is 0 Å². The van der Waals surface area contributed by atoms with E-state index in [1.54, 1.807) is 39.5 Å². The predicted octanol–water partition coefficient (Wildman–Crippen LogP) is 1.25. The molecule has 0 unspecified atom stereocenters. The summed E-state index contributed by atoms with van der Waals surface area (Å²) in [5.74, 6) is 2.19. The van der Waals surface area contributed by atoms with Crippen molar-refractivity contribution in [1.82, 2.24) is 4.90 Å². The molecule has 1 saturated heterocycles. The van der Waals surface area contributed by atoms with Gasteiger partial charge < -0.3 is 24.0 Å². The number of quaternary nitrogens is 1. The maximum absolute atomic E-state index is 12.9. The topological polar surface area (TPSA) is 52.4 Å². The lowest BCUT2D eigenvalue weighted by molar-refractivity contribution is -0.917. The zero-order valence-corrected chi connectivity index (χ0v) is 16.2. The Hall–Kier alpha value is -2.73. The number of hydrogen-bond donors (Lipinski definition) is 1. The molecule has 144 valence electrons. The van der Waals surface area contributed by atoms with E-state index in [0.717, 1.165) is 38.5 Å². The third-order valence-corrected chi connectivity index (χ3v) is 4.99. The minimum Gasteiger partial charge on any atom is -0.497 e. The number of hydrogen-bond acceptors (Lipinski definition) is 4. The van der Waals surface area contributed by atoms with E-state index < -0.39 is 0 Å². The number of nitrogens with one attached hydrogen (secondary N) is 1. The maximum atomic E-state index is 12.9. The second-order valence-corrected chi connectivity index (χ2v) is 6.63. The largest absolute Gasteiger partial charge is 0.497 e. The van der Waals surface area contributed by atoms with E-state index in [0.29, 0.717) is 17.1 Å². The average Bonchev–Trinajstić information content (AvgIpc) is 2.73. The number of rotatable bonds is 6. The summed E-state index contributed by atoms with van der Waals surface area (Å²) in [5, 5.41) is 0. The van der Waals surface area contributed by atoms with Crippen molar-refractivity contribution in [2.24, 2.45) is 0 Å². The Balaban J connectivity index is 1.63. The fourth-order valence-electron chi connectivity index (χ4n) is 3.43. The van der Waals surface area contributed by atoms with Crippen molar-refractivity contribution in [2.45, 2.75) is 6.54 Å². The summed E-state index contributed by atoms with van der Waals surface area (Å²) >= 11 is 0. The summed E-state index contributed by atoms with van der Waals surface area (Å²) in [6, 6.07) is 13.4. The highest BCUT2D eigenvalue weighted by atomic mass is 16.5. The Bertz CT molecular complexity index is 763. The molecule has 0 radical (unpaired) electrons. The highest BCUT2D eigenvalue weighted by Crippen LogP contribution is 2.23. The van der Waals surface area contributed by atoms with Crippen LogP contribution in [-0.2, 0) is 6.54 Å². The van der Waals surface area contributed by atoms with Crippen LogP contribution in [0.15, 0.2) is 42.5 Å². The number of piperazine rings is 1. The third-order valence-electron chi connectivity index (χ3n) is 4.99. The van der Waals surface area contributed by atoms with Gasteiger partial charge in [-0.3, -0.25) is 4.79 Å². The molecule has 1 amide bonds. The molecule has 2 aromatic carbocycles. The summed E-state index contributed by atoms with van der Waals surface area (Å²) in [7, 11) is 4.87. The number of carbonyl (C=O) groups is 1. The maximum Gasteiger partial charge on any atom is 0.254 e. The van der Waals surface area contributed by atoms with Gasteiger partial charge in [-0.1, -0.05) is 12.1 Å². The Kier molecular flexibility index (Phi) is 6.19. The first-order chi connectivity index (χ1) is 13.1. The molecule has 6 heteroatoms. The molecule has 0 saturated carbocycles. The van der Waals surface area contributed by atoms with Crippen LogP contribution in [0.2, 0.25) is 0 Å². The Morgan fingerprint density at radius 3 is 2.19 bits per heavy atom. The molecule has 1 heterocycles. The smallest absolute Gasteiger partial charge is 0.254 e. The molecule has 1 N–H and O–H groups in total. The number of amides is 1. The van der Waals surface area contributed by atoms with E-state index in [4.69, 9.17) is 14.2 Å². The molecule has 6 nitrogen and oxygen atoms in total. The second kappa shape index (κ2) is 8.77. The fourth-order valence-corrected chi connectivity index (χ4v) is 3.43. The number of methoxy groups -OCH3 is 3. The normalized spacial score (nSPS) is 14.7. The van der Waals surface area contributed by atoms with Crippen molar-refractivity contribution >= 4 is 5.91 Å². The minimum absolute atomic E-state index is 0.0172. The third kappa shape index (κ3) is 4.52. The van der Waals surface area contributed by atoms with Gasteiger partial charge in [0.15, 0.2) is 0 Å². The van der Waals surface area contributed by atoms with E-state index in [1.165, 1.54) is 10.5 Å². The number of ether oxygens (including phenoxy) is 3. The van der Waals surface area contributed by atoms with Crippen LogP contribution in [0.4, 0.5) is 0 Å². The molecule has 0 aromatic heterocycles. The van der Waals surface area contributed by atoms with Gasteiger partial charge in [0.2, 0.25) is 0 Å². The van der Waals surface area contributed by atoms with Crippen LogP contribution in [0.3, 0.4) is 0 Å². The van der Waals surface area contributed by atoms with Crippen molar-refractivity contribution in [3.05, 3.63) is 53.6 Å². The van der Waals surface area contributed by atoms with Crippen LogP contribution < -0.4 is 19.1 Å². The highest BCUT2D eigenvalue weighted by Gasteiger charge is 2.26. The van der Waals surface area contributed by atoms with Gasteiger partial charge in [-0.05, 0) is 24.3 Å². The van der Waals surface area contributed by atoms with Crippen LogP contribution >= 0.6 is 0 Å². The molecule has 0 atom stereocenters. The second-order valence-electron chi connectivity index (χ2n) is 6.63. The Labute approximate surface area is 160 Å². The van der Waals surface area contributed by atoms with Gasteiger partial charge in [0.05, 0.1) is 47.5 Å². The van der Waals surface area contributed by atoms with E-state index in [-0.39, 0.29) is 5.91 Å². The first-order valence-electron chi connectivity index (χ1n) is 9.12. The number of benzene rings is 2. The van der Waals surface area contributed by atoms with Crippen molar-refractivity contribution < 1.29 is 23.9 Å². The molecule has 0 aliphatic carbocycles. The summed E-state index contributed by atoms with van der Waals surface area (Å²) in [4.78, 5) is 16.2. The molecule has 1 aliphatic rings. The zero-order chi connectivity index (χ0) is 19.2. The number of carbonyl (C=O) groups excluding carboxylic acids is 1. The van der Waals surface area contributed by atoms with Gasteiger partial charge in [-0.2, -0.15) is 0 Å². The molecule has 0 bridgehead atoms. The SMILES string of the molecule is COc1cc(OC)cc(C(=O)N2CC[NH+](Cc3ccccc3OC)CC2)c1. The summed E-state index contributed by atoms with van der Waals surface area (Å²) in [6.45, 7) is 4.17. The molecule has 3 rings (SSSR count). The monoisotopic (exact) mass is 371 g/mol. The fraction of sp³-hybridized carbons (Fsp3) is 0.381. The summed E-state index contributed by atoms with van der Waals surface area (Å²) in [5.41, 5.74) is 1.80. The zero-order valence-electron chi connectivity index (χ0n) is 16.2. The van der Waals surface area contributed by atoms with E-state index >= 15 is 0 Å². The van der Waals surface area contributed by atoms with E-state index in [2.05, 4.69) is 6.07 Å². The van der Waals surface area contributed by atoms with Gasteiger partial charge in [0, 0.05) is 17.2 Å². The van der Waals surface area contributed by atoms with E-state index in [1.807, 2.05) is 23.1 Å². The standard InChI is InChI=1S/C21H26N2O4/c1-25-18-12-17(13-19(14-18)26-2)21(24)23-10-8-22(9-11-23)15-16-6-4-5-7-20(16)27-3/h4-7,12-14H,8-11,15H2,1-3H3/p+1. The molecule has 0 spiro atoms. The van der Waals surface area contributed by atoms with Gasteiger partial charge in [-0.15, -0.1) is 0 Å². The lowest BCUT2D eigenvalue weighted by atomic mass is 10.1. The minimum atomic E-state index is 0.0172. The lowest BCUT2D eigenvalue weighted by Gasteiger charge is -2.32. The Morgan fingerprint density at radius 2 is 1.59 bits per heavy atom. The average molecular weight is 371 g/mol. The highest BCUT2D eigenvalue weighted by molar-refractivity contribution is 5.95. The van der Waals surface area contributed by atoms with Crippen LogP contribution in [0.25, 0.3) is 0 Å². The van der Waals surface area contributed by atoms with Gasteiger partial charge in [0.1, 0.15) is 23.8 Å². The summed E-state index contributed by atoms with van der Waals surface area (Å²) < 4.78 is 16.0. The molecule has 2 aromatic rings. The number of nitrogens with zero attached hydrogens (tertiary/aromatic N) is 1. The molecular formula is C21H27N2O4+. The van der Waals surface area contributed by atoms with E-state index in [9.17, 15) is 4.79 Å². The first kappa shape index (κ1) is 19.0. The Morgan fingerprint density at radius 1 is 0.963 bits per heavy atom. The van der Waals surface area contributed by atoms with Gasteiger partial charge in [-0.25, -0.2) is 0 Å². The molecular weight excluding hydrogens is 344 g/mol. The van der Waals surface area contributed by atoms with Gasteiger partial charge in [0.25, 0.3) is 5.91 Å². The van der Waals surface area contributed by atoms with Crippen molar-refractivity contribution in [3.8, 4) is 17.2 Å². The molecule has 27 heavy (non-hydrogen) atoms. The van der Waals surface area contributed by atoms with Crippen molar-refractivity contribution in [3.63, 3.8) is 0 Å². The van der Waals surface area contributed by atoms with Crippen LogP contribution in [0.1, 0.15) is 15.9 Å². The van der Waals surface area contributed by atoms with Crippen molar-refractivity contribution in [1.29, 1.82) is 0 Å².